The van der Waals surface area contributed by atoms with E-state index in [1.54, 1.807) is 12.4 Å². The first-order valence-electron chi connectivity index (χ1n) is 6.93. The normalized spacial score (nSPS) is 18.4. The Labute approximate surface area is 117 Å². The van der Waals surface area contributed by atoms with Crippen molar-refractivity contribution in [1.82, 2.24) is 14.9 Å². The highest BCUT2D eigenvalue weighted by atomic mass is 16.3. The maximum Gasteiger partial charge on any atom is 0.291 e. The smallest absolute Gasteiger partial charge is 0.291 e. The van der Waals surface area contributed by atoms with Crippen LogP contribution in [0, 0.1) is 0 Å². The second-order valence-corrected chi connectivity index (χ2v) is 5.05. The van der Waals surface area contributed by atoms with E-state index < -0.39 is 0 Å². The van der Waals surface area contributed by atoms with Gasteiger partial charge in [0.05, 0.1) is 6.20 Å². The number of hydrogen-bond donors (Lipinski definition) is 0. The van der Waals surface area contributed by atoms with Gasteiger partial charge in [-0.1, -0.05) is 0 Å². The van der Waals surface area contributed by atoms with E-state index >= 15 is 0 Å². The number of carbonyl (C=O) groups excluding carboxylic acids is 1. The first kappa shape index (κ1) is 12.8. The van der Waals surface area contributed by atoms with E-state index in [0.29, 0.717) is 11.8 Å². The van der Waals surface area contributed by atoms with E-state index in [0.717, 1.165) is 32.2 Å². The molecule has 1 saturated heterocycles. The van der Waals surface area contributed by atoms with Crippen LogP contribution in [0.15, 0.2) is 41.5 Å². The predicted octanol–water partition coefficient (Wildman–Crippen LogP) is 2.31. The first-order valence-corrected chi connectivity index (χ1v) is 6.93. The summed E-state index contributed by atoms with van der Waals surface area (Å²) in [6.07, 6.45) is 10.5. The Hall–Kier alpha value is -2.17. The SMILES string of the molecule is O=C(c1cnco1)N1CCC[C@@H]1CCc1ccncc1. The van der Waals surface area contributed by atoms with Gasteiger partial charge in [-0.2, -0.15) is 0 Å². The van der Waals surface area contributed by atoms with Crippen molar-refractivity contribution in [2.24, 2.45) is 0 Å². The summed E-state index contributed by atoms with van der Waals surface area (Å²) in [4.78, 5) is 22.1. The van der Waals surface area contributed by atoms with Gasteiger partial charge in [0.2, 0.25) is 5.76 Å². The molecular formula is C15H17N3O2. The Balaban J connectivity index is 1.63. The summed E-state index contributed by atoms with van der Waals surface area (Å²) in [6, 6.07) is 4.34. The van der Waals surface area contributed by atoms with Crippen LogP contribution in [0.25, 0.3) is 0 Å². The number of carbonyl (C=O) groups is 1. The summed E-state index contributed by atoms with van der Waals surface area (Å²) in [5, 5.41) is 0. The summed E-state index contributed by atoms with van der Waals surface area (Å²) in [7, 11) is 0. The molecule has 3 rings (SSSR count). The third-order valence-electron chi connectivity index (χ3n) is 3.80. The molecule has 0 spiro atoms. The number of aryl methyl sites for hydroxylation is 1. The zero-order valence-corrected chi connectivity index (χ0v) is 11.2. The molecule has 2 aromatic rings. The molecule has 1 amide bonds. The van der Waals surface area contributed by atoms with Crippen molar-refractivity contribution in [3.63, 3.8) is 0 Å². The van der Waals surface area contributed by atoms with Gasteiger partial charge in [0, 0.05) is 25.0 Å². The van der Waals surface area contributed by atoms with Gasteiger partial charge in [-0.15, -0.1) is 0 Å². The zero-order valence-electron chi connectivity index (χ0n) is 11.2. The molecule has 5 heteroatoms. The van der Waals surface area contributed by atoms with Crippen molar-refractivity contribution in [1.29, 1.82) is 0 Å². The number of likely N-dealkylation sites (tertiary alicyclic amines) is 1. The average Bonchev–Trinajstić information content (AvgIpc) is 3.17. The number of hydrogen-bond acceptors (Lipinski definition) is 4. The lowest BCUT2D eigenvalue weighted by Crippen LogP contribution is -2.35. The molecule has 0 saturated carbocycles. The minimum Gasteiger partial charge on any atom is -0.438 e. The van der Waals surface area contributed by atoms with Gasteiger partial charge in [0.25, 0.3) is 5.91 Å². The number of nitrogens with zero attached hydrogens (tertiary/aromatic N) is 3. The second kappa shape index (κ2) is 5.86. The molecule has 3 heterocycles. The van der Waals surface area contributed by atoms with E-state index in [2.05, 4.69) is 9.97 Å². The molecule has 0 N–H and O–H groups in total. The number of aromatic nitrogens is 2. The maximum absolute atomic E-state index is 12.3. The summed E-state index contributed by atoms with van der Waals surface area (Å²) in [6.45, 7) is 0.806. The number of pyridine rings is 1. The Morgan fingerprint density at radius 1 is 1.35 bits per heavy atom. The molecule has 2 aromatic heterocycles. The molecular weight excluding hydrogens is 254 g/mol. The van der Waals surface area contributed by atoms with E-state index in [-0.39, 0.29) is 5.91 Å². The lowest BCUT2D eigenvalue weighted by molar-refractivity contribution is 0.0698. The van der Waals surface area contributed by atoms with Crippen molar-refractivity contribution < 1.29 is 9.21 Å². The molecule has 1 fully saturated rings. The van der Waals surface area contributed by atoms with E-state index in [1.807, 2.05) is 17.0 Å². The fourth-order valence-electron chi connectivity index (χ4n) is 2.75. The molecule has 20 heavy (non-hydrogen) atoms. The van der Waals surface area contributed by atoms with Crippen LogP contribution >= 0.6 is 0 Å². The van der Waals surface area contributed by atoms with E-state index in [1.165, 1.54) is 18.2 Å². The lowest BCUT2D eigenvalue weighted by Gasteiger charge is -2.23. The van der Waals surface area contributed by atoms with Crippen LogP contribution in [-0.2, 0) is 6.42 Å². The molecule has 0 radical (unpaired) electrons. The van der Waals surface area contributed by atoms with E-state index in [4.69, 9.17) is 4.42 Å². The topological polar surface area (TPSA) is 59.2 Å². The largest absolute Gasteiger partial charge is 0.438 e. The molecule has 1 aliphatic rings. The first-order chi connectivity index (χ1) is 9.84. The fraction of sp³-hybridized carbons (Fsp3) is 0.400. The Kier molecular flexibility index (Phi) is 3.76. The van der Waals surface area contributed by atoms with Crippen LogP contribution in [0.3, 0.4) is 0 Å². The van der Waals surface area contributed by atoms with Crippen LogP contribution in [0.2, 0.25) is 0 Å². The minimum absolute atomic E-state index is 0.0419. The van der Waals surface area contributed by atoms with Crippen LogP contribution in [0.5, 0.6) is 0 Å². The molecule has 5 nitrogen and oxygen atoms in total. The van der Waals surface area contributed by atoms with Crippen molar-refractivity contribution in [2.75, 3.05) is 6.54 Å². The second-order valence-electron chi connectivity index (χ2n) is 5.05. The number of rotatable bonds is 4. The van der Waals surface area contributed by atoms with Gasteiger partial charge in [-0.25, -0.2) is 4.98 Å². The summed E-state index contributed by atoms with van der Waals surface area (Å²) < 4.78 is 5.11. The van der Waals surface area contributed by atoms with Crippen molar-refractivity contribution in [3.8, 4) is 0 Å². The van der Waals surface area contributed by atoms with Gasteiger partial charge in [0.15, 0.2) is 6.39 Å². The standard InChI is InChI=1S/C15H17N3O2/c19-15(14-10-17-11-20-14)18-9-1-2-13(18)4-3-12-5-7-16-8-6-12/h5-8,10-11,13H,1-4,9H2/t13-/m1/s1. The molecule has 0 aliphatic carbocycles. The molecule has 0 aromatic carbocycles. The van der Waals surface area contributed by atoms with Crippen LogP contribution in [0.4, 0.5) is 0 Å². The van der Waals surface area contributed by atoms with Crippen LogP contribution < -0.4 is 0 Å². The fourth-order valence-corrected chi connectivity index (χ4v) is 2.75. The summed E-state index contributed by atoms with van der Waals surface area (Å²) in [5.41, 5.74) is 1.26. The van der Waals surface area contributed by atoms with Crippen molar-refractivity contribution >= 4 is 5.91 Å². The van der Waals surface area contributed by atoms with Gasteiger partial charge in [0.1, 0.15) is 0 Å². The van der Waals surface area contributed by atoms with Gasteiger partial charge >= 0.3 is 0 Å². The Morgan fingerprint density at radius 3 is 2.95 bits per heavy atom. The van der Waals surface area contributed by atoms with Crippen LogP contribution in [-0.4, -0.2) is 33.4 Å². The Bertz CT molecular complexity index is 554. The molecule has 104 valence electrons. The van der Waals surface area contributed by atoms with Crippen molar-refractivity contribution in [3.05, 3.63) is 48.4 Å². The lowest BCUT2D eigenvalue weighted by atomic mass is 10.0. The van der Waals surface area contributed by atoms with E-state index in [9.17, 15) is 4.79 Å². The number of amides is 1. The predicted molar refractivity (Wildman–Crippen MR) is 73.1 cm³/mol. The van der Waals surface area contributed by atoms with Crippen molar-refractivity contribution in [2.45, 2.75) is 31.7 Å². The summed E-state index contributed by atoms with van der Waals surface area (Å²) in [5.74, 6) is 0.292. The number of oxazole rings is 1. The monoisotopic (exact) mass is 271 g/mol. The quantitative estimate of drug-likeness (QED) is 0.856. The third kappa shape index (κ3) is 2.71. The minimum atomic E-state index is -0.0419. The highest BCUT2D eigenvalue weighted by Crippen LogP contribution is 2.23. The van der Waals surface area contributed by atoms with Gasteiger partial charge < -0.3 is 9.32 Å². The summed E-state index contributed by atoms with van der Waals surface area (Å²) >= 11 is 0. The van der Waals surface area contributed by atoms with Crippen LogP contribution in [0.1, 0.15) is 35.4 Å². The molecule has 0 bridgehead atoms. The highest BCUT2D eigenvalue weighted by Gasteiger charge is 2.30. The molecule has 1 atom stereocenters. The zero-order chi connectivity index (χ0) is 13.8. The highest BCUT2D eigenvalue weighted by molar-refractivity contribution is 5.91. The third-order valence-corrected chi connectivity index (χ3v) is 3.80. The maximum atomic E-state index is 12.3. The molecule has 1 aliphatic heterocycles. The Morgan fingerprint density at radius 2 is 2.20 bits per heavy atom. The molecule has 0 unspecified atom stereocenters. The van der Waals surface area contributed by atoms with Gasteiger partial charge in [-0.05, 0) is 43.4 Å². The van der Waals surface area contributed by atoms with Gasteiger partial charge in [-0.3, -0.25) is 9.78 Å². The average molecular weight is 271 g/mol.